The quantitative estimate of drug-likeness (QED) is 0.886. The number of ether oxygens (including phenoxy) is 1. The summed E-state index contributed by atoms with van der Waals surface area (Å²) in [6.45, 7) is 3.52. The Morgan fingerprint density at radius 3 is 2.57 bits per heavy atom. The molecule has 0 atom stereocenters. The SMILES string of the molecule is CCC(=O)Nc1ccc(OC)cc1NC(=O)c1cn(C)nc1C. The summed E-state index contributed by atoms with van der Waals surface area (Å²) in [5.74, 6) is 0.150. The standard InChI is InChI=1S/C16H20N4O3/c1-5-15(21)17-13-7-6-11(23-4)8-14(13)18-16(22)12-9-20(3)19-10(12)2/h6-9H,5H2,1-4H3,(H,17,21)(H,18,22). The first-order valence-corrected chi connectivity index (χ1v) is 7.24. The summed E-state index contributed by atoms with van der Waals surface area (Å²) in [5.41, 5.74) is 2.10. The molecule has 122 valence electrons. The number of amides is 2. The van der Waals surface area contributed by atoms with Crippen molar-refractivity contribution in [2.75, 3.05) is 17.7 Å². The van der Waals surface area contributed by atoms with E-state index in [0.29, 0.717) is 34.8 Å². The number of nitrogens with one attached hydrogen (secondary N) is 2. The molecule has 0 aliphatic carbocycles. The summed E-state index contributed by atoms with van der Waals surface area (Å²) in [5, 5.41) is 9.71. The van der Waals surface area contributed by atoms with Crippen LogP contribution in [0.25, 0.3) is 0 Å². The zero-order valence-corrected chi connectivity index (χ0v) is 13.6. The van der Waals surface area contributed by atoms with E-state index in [4.69, 9.17) is 4.74 Å². The van der Waals surface area contributed by atoms with Crippen LogP contribution in [0.4, 0.5) is 11.4 Å². The van der Waals surface area contributed by atoms with Crippen molar-refractivity contribution in [3.8, 4) is 5.75 Å². The highest BCUT2D eigenvalue weighted by atomic mass is 16.5. The topological polar surface area (TPSA) is 85.3 Å². The van der Waals surface area contributed by atoms with Gasteiger partial charge in [0, 0.05) is 25.7 Å². The first kappa shape index (κ1) is 16.5. The smallest absolute Gasteiger partial charge is 0.259 e. The molecule has 0 spiro atoms. The van der Waals surface area contributed by atoms with Gasteiger partial charge in [0.15, 0.2) is 0 Å². The van der Waals surface area contributed by atoms with Crippen LogP contribution in [0.5, 0.6) is 5.75 Å². The van der Waals surface area contributed by atoms with Crippen molar-refractivity contribution in [1.82, 2.24) is 9.78 Å². The van der Waals surface area contributed by atoms with Crippen LogP contribution >= 0.6 is 0 Å². The van der Waals surface area contributed by atoms with Crippen molar-refractivity contribution in [3.63, 3.8) is 0 Å². The van der Waals surface area contributed by atoms with Crippen molar-refractivity contribution in [3.05, 3.63) is 35.7 Å². The molecule has 0 saturated carbocycles. The molecule has 2 amide bonds. The normalized spacial score (nSPS) is 10.3. The van der Waals surface area contributed by atoms with Gasteiger partial charge in [-0.15, -0.1) is 0 Å². The van der Waals surface area contributed by atoms with Gasteiger partial charge in [-0.25, -0.2) is 0 Å². The molecule has 0 saturated heterocycles. The van der Waals surface area contributed by atoms with Crippen LogP contribution in [0.15, 0.2) is 24.4 Å². The van der Waals surface area contributed by atoms with E-state index in [2.05, 4.69) is 15.7 Å². The predicted molar refractivity (Wildman–Crippen MR) is 87.8 cm³/mol. The van der Waals surface area contributed by atoms with Crippen molar-refractivity contribution in [2.45, 2.75) is 20.3 Å². The fourth-order valence-corrected chi connectivity index (χ4v) is 2.11. The minimum absolute atomic E-state index is 0.136. The van der Waals surface area contributed by atoms with Gasteiger partial charge in [-0.1, -0.05) is 6.92 Å². The summed E-state index contributed by atoms with van der Waals surface area (Å²) in [7, 11) is 3.29. The van der Waals surface area contributed by atoms with Crippen LogP contribution in [-0.2, 0) is 11.8 Å². The third kappa shape index (κ3) is 3.88. The van der Waals surface area contributed by atoms with E-state index in [1.807, 2.05) is 0 Å². The second-order valence-corrected chi connectivity index (χ2v) is 5.07. The monoisotopic (exact) mass is 316 g/mol. The Morgan fingerprint density at radius 1 is 1.26 bits per heavy atom. The van der Waals surface area contributed by atoms with Crippen molar-refractivity contribution in [2.24, 2.45) is 7.05 Å². The number of carbonyl (C=O) groups excluding carboxylic acids is 2. The number of hydrogen-bond acceptors (Lipinski definition) is 4. The molecule has 23 heavy (non-hydrogen) atoms. The summed E-state index contributed by atoms with van der Waals surface area (Å²) < 4.78 is 6.75. The third-order valence-electron chi connectivity index (χ3n) is 3.33. The fourth-order valence-electron chi connectivity index (χ4n) is 2.11. The molecular formula is C16H20N4O3. The molecule has 0 fully saturated rings. The fraction of sp³-hybridized carbons (Fsp3) is 0.312. The van der Waals surface area contributed by atoms with Crippen LogP contribution in [-0.4, -0.2) is 28.7 Å². The average Bonchev–Trinajstić information content (AvgIpc) is 2.87. The van der Waals surface area contributed by atoms with E-state index in [9.17, 15) is 9.59 Å². The van der Waals surface area contributed by atoms with Crippen LogP contribution in [0.3, 0.4) is 0 Å². The minimum Gasteiger partial charge on any atom is -0.497 e. The molecule has 7 heteroatoms. The Bertz CT molecular complexity index is 737. The zero-order chi connectivity index (χ0) is 17.0. The van der Waals surface area contributed by atoms with Crippen molar-refractivity contribution < 1.29 is 14.3 Å². The molecule has 0 aliphatic rings. The highest BCUT2D eigenvalue weighted by Gasteiger charge is 2.15. The molecule has 1 aromatic heterocycles. The number of aryl methyl sites for hydroxylation is 2. The molecule has 0 radical (unpaired) electrons. The second kappa shape index (κ2) is 6.95. The Kier molecular flexibility index (Phi) is 5.00. The average molecular weight is 316 g/mol. The number of rotatable bonds is 5. The molecule has 0 aliphatic heterocycles. The van der Waals surface area contributed by atoms with E-state index < -0.39 is 0 Å². The van der Waals surface area contributed by atoms with Crippen LogP contribution in [0.1, 0.15) is 29.4 Å². The van der Waals surface area contributed by atoms with Gasteiger partial charge in [-0.2, -0.15) is 5.10 Å². The van der Waals surface area contributed by atoms with Gasteiger partial charge in [0.25, 0.3) is 5.91 Å². The summed E-state index contributed by atoms with van der Waals surface area (Å²) >= 11 is 0. The number of methoxy groups -OCH3 is 1. The van der Waals surface area contributed by atoms with Crippen molar-refractivity contribution in [1.29, 1.82) is 0 Å². The second-order valence-electron chi connectivity index (χ2n) is 5.07. The first-order chi connectivity index (χ1) is 10.9. The Labute approximate surface area is 134 Å². The number of hydrogen-bond donors (Lipinski definition) is 2. The summed E-state index contributed by atoms with van der Waals surface area (Å²) in [4.78, 5) is 24.1. The third-order valence-corrected chi connectivity index (χ3v) is 3.33. The predicted octanol–water partition coefficient (Wildman–Crippen LogP) is 2.34. The summed E-state index contributed by atoms with van der Waals surface area (Å²) in [6, 6.07) is 5.07. The van der Waals surface area contributed by atoms with Crippen LogP contribution in [0.2, 0.25) is 0 Å². The molecule has 1 heterocycles. The maximum Gasteiger partial charge on any atom is 0.259 e. The van der Waals surface area contributed by atoms with Crippen LogP contribution in [0, 0.1) is 6.92 Å². The Morgan fingerprint density at radius 2 is 2.00 bits per heavy atom. The molecular weight excluding hydrogens is 296 g/mol. The molecule has 2 aromatic rings. The zero-order valence-electron chi connectivity index (χ0n) is 13.6. The maximum absolute atomic E-state index is 12.4. The molecule has 1 aromatic carbocycles. The molecule has 2 rings (SSSR count). The van der Waals surface area contributed by atoms with Gasteiger partial charge >= 0.3 is 0 Å². The highest BCUT2D eigenvalue weighted by molar-refractivity contribution is 6.07. The molecule has 0 bridgehead atoms. The first-order valence-electron chi connectivity index (χ1n) is 7.24. The number of carbonyl (C=O) groups is 2. The van der Waals surface area contributed by atoms with E-state index in [1.54, 1.807) is 50.0 Å². The minimum atomic E-state index is -0.296. The van der Waals surface area contributed by atoms with Crippen LogP contribution < -0.4 is 15.4 Å². The van der Waals surface area contributed by atoms with Gasteiger partial charge in [0.2, 0.25) is 5.91 Å². The Balaban J connectivity index is 2.30. The largest absolute Gasteiger partial charge is 0.497 e. The number of anilines is 2. The van der Waals surface area contributed by atoms with Gasteiger partial charge < -0.3 is 15.4 Å². The lowest BCUT2D eigenvalue weighted by molar-refractivity contribution is -0.115. The van der Waals surface area contributed by atoms with Gasteiger partial charge in [0.1, 0.15) is 5.75 Å². The van der Waals surface area contributed by atoms with Gasteiger partial charge in [0.05, 0.1) is 29.7 Å². The number of aromatic nitrogens is 2. The Hall–Kier alpha value is -2.83. The lowest BCUT2D eigenvalue weighted by Crippen LogP contribution is -2.16. The van der Waals surface area contributed by atoms with Crippen molar-refractivity contribution >= 4 is 23.2 Å². The molecule has 7 nitrogen and oxygen atoms in total. The summed E-state index contributed by atoms with van der Waals surface area (Å²) in [6.07, 6.45) is 2.00. The molecule has 2 N–H and O–H groups in total. The van der Waals surface area contributed by atoms with E-state index in [0.717, 1.165) is 0 Å². The molecule has 0 unspecified atom stereocenters. The number of nitrogens with zero attached hydrogens (tertiary/aromatic N) is 2. The lowest BCUT2D eigenvalue weighted by atomic mass is 10.2. The van der Waals surface area contributed by atoms with Gasteiger partial charge in [-0.3, -0.25) is 14.3 Å². The van der Waals surface area contributed by atoms with E-state index >= 15 is 0 Å². The highest BCUT2D eigenvalue weighted by Crippen LogP contribution is 2.28. The number of benzene rings is 1. The maximum atomic E-state index is 12.4. The van der Waals surface area contributed by atoms with Gasteiger partial charge in [-0.05, 0) is 19.1 Å². The van der Waals surface area contributed by atoms with E-state index in [1.165, 1.54) is 7.11 Å². The van der Waals surface area contributed by atoms with E-state index in [-0.39, 0.29) is 11.8 Å². The lowest BCUT2D eigenvalue weighted by Gasteiger charge is -2.13.